The van der Waals surface area contributed by atoms with E-state index in [1.54, 1.807) is 0 Å². The molecule has 0 saturated heterocycles. The Labute approximate surface area is 136 Å². The molecular formula is C18H35N3O. The van der Waals surface area contributed by atoms with Gasteiger partial charge >= 0.3 is 6.03 Å². The molecule has 2 saturated carbocycles. The van der Waals surface area contributed by atoms with Crippen molar-refractivity contribution in [2.24, 2.45) is 0 Å². The van der Waals surface area contributed by atoms with Gasteiger partial charge in [0, 0.05) is 18.6 Å². The molecule has 0 spiro atoms. The fraction of sp³-hybridized carbons (Fsp3) is 0.944. The number of rotatable bonds is 6. The van der Waals surface area contributed by atoms with Gasteiger partial charge in [0.15, 0.2) is 0 Å². The number of hydrogen-bond donors (Lipinski definition) is 3. The Kier molecular flexibility index (Phi) is 8.69. The van der Waals surface area contributed by atoms with Crippen molar-refractivity contribution >= 4 is 6.03 Å². The SMILES string of the molecule is O=C(NCCCNC1CCCCC1)NC1CCCCCCC1. The normalized spacial score (nSPS) is 21.8. The average Bonchev–Trinajstić information content (AvgIpc) is 2.50. The molecule has 2 aliphatic carbocycles. The van der Waals surface area contributed by atoms with Crippen molar-refractivity contribution in [1.29, 1.82) is 0 Å². The van der Waals surface area contributed by atoms with E-state index >= 15 is 0 Å². The summed E-state index contributed by atoms with van der Waals surface area (Å²) >= 11 is 0. The number of nitrogens with one attached hydrogen (secondary N) is 3. The van der Waals surface area contributed by atoms with E-state index in [0.29, 0.717) is 6.04 Å². The van der Waals surface area contributed by atoms with Gasteiger partial charge in [0.2, 0.25) is 0 Å². The van der Waals surface area contributed by atoms with Crippen LogP contribution in [-0.4, -0.2) is 31.2 Å². The molecule has 0 atom stereocenters. The molecule has 0 aromatic rings. The summed E-state index contributed by atoms with van der Waals surface area (Å²) in [6.45, 7) is 1.80. The minimum atomic E-state index is 0.0308. The van der Waals surface area contributed by atoms with Crippen LogP contribution in [0.2, 0.25) is 0 Å². The van der Waals surface area contributed by atoms with Gasteiger partial charge in [-0.05, 0) is 38.6 Å². The van der Waals surface area contributed by atoms with Gasteiger partial charge < -0.3 is 16.0 Å². The number of hydrogen-bond acceptors (Lipinski definition) is 2. The first-order chi connectivity index (χ1) is 10.8. The minimum Gasteiger partial charge on any atom is -0.338 e. The van der Waals surface area contributed by atoms with Crippen LogP contribution in [0.1, 0.15) is 83.5 Å². The lowest BCUT2D eigenvalue weighted by Crippen LogP contribution is -2.43. The van der Waals surface area contributed by atoms with Crippen molar-refractivity contribution in [3.8, 4) is 0 Å². The largest absolute Gasteiger partial charge is 0.338 e. The molecule has 2 rings (SSSR count). The number of urea groups is 1. The highest BCUT2D eigenvalue weighted by molar-refractivity contribution is 5.74. The first-order valence-electron chi connectivity index (χ1n) is 9.62. The van der Waals surface area contributed by atoms with E-state index in [0.717, 1.165) is 38.4 Å². The molecule has 2 fully saturated rings. The summed E-state index contributed by atoms with van der Waals surface area (Å²) < 4.78 is 0. The maximum atomic E-state index is 11.9. The van der Waals surface area contributed by atoms with Gasteiger partial charge in [-0.1, -0.05) is 51.4 Å². The summed E-state index contributed by atoms with van der Waals surface area (Å²) in [5.41, 5.74) is 0. The first-order valence-corrected chi connectivity index (χ1v) is 9.62. The second-order valence-corrected chi connectivity index (χ2v) is 7.08. The van der Waals surface area contributed by atoms with Crippen LogP contribution in [0.5, 0.6) is 0 Å². The topological polar surface area (TPSA) is 53.2 Å². The van der Waals surface area contributed by atoms with E-state index in [2.05, 4.69) is 16.0 Å². The van der Waals surface area contributed by atoms with Crippen LogP contribution in [0.4, 0.5) is 4.79 Å². The van der Waals surface area contributed by atoms with Crippen molar-refractivity contribution in [2.75, 3.05) is 13.1 Å². The maximum absolute atomic E-state index is 11.9. The lowest BCUT2D eigenvalue weighted by atomic mass is 9.95. The molecule has 22 heavy (non-hydrogen) atoms. The van der Waals surface area contributed by atoms with Gasteiger partial charge in [-0.2, -0.15) is 0 Å². The molecule has 0 aromatic heterocycles. The zero-order valence-electron chi connectivity index (χ0n) is 14.2. The van der Waals surface area contributed by atoms with E-state index in [9.17, 15) is 4.79 Å². The Bertz CT molecular complexity index is 295. The molecule has 2 amide bonds. The van der Waals surface area contributed by atoms with Crippen LogP contribution in [0.3, 0.4) is 0 Å². The van der Waals surface area contributed by atoms with Crippen molar-refractivity contribution in [1.82, 2.24) is 16.0 Å². The molecule has 0 heterocycles. The zero-order valence-corrected chi connectivity index (χ0v) is 14.2. The van der Waals surface area contributed by atoms with Crippen LogP contribution in [0, 0.1) is 0 Å². The summed E-state index contributed by atoms with van der Waals surface area (Å²) in [5, 5.41) is 9.79. The summed E-state index contributed by atoms with van der Waals surface area (Å²) in [6, 6.07) is 1.14. The molecule has 2 aliphatic rings. The minimum absolute atomic E-state index is 0.0308. The maximum Gasteiger partial charge on any atom is 0.315 e. The molecular weight excluding hydrogens is 274 g/mol. The second kappa shape index (κ2) is 10.9. The van der Waals surface area contributed by atoms with E-state index in [1.165, 1.54) is 64.2 Å². The lowest BCUT2D eigenvalue weighted by Gasteiger charge is -2.23. The summed E-state index contributed by atoms with van der Waals surface area (Å²) in [5.74, 6) is 0. The molecule has 3 N–H and O–H groups in total. The molecule has 0 aliphatic heterocycles. The van der Waals surface area contributed by atoms with Gasteiger partial charge in [-0.3, -0.25) is 0 Å². The third kappa shape index (κ3) is 7.48. The predicted molar refractivity (Wildman–Crippen MR) is 92.1 cm³/mol. The molecule has 0 bridgehead atoms. The summed E-state index contributed by atoms with van der Waals surface area (Å²) in [4.78, 5) is 11.9. The van der Waals surface area contributed by atoms with E-state index < -0.39 is 0 Å². The van der Waals surface area contributed by atoms with Crippen molar-refractivity contribution in [3.63, 3.8) is 0 Å². The average molecular weight is 309 g/mol. The number of carbonyl (C=O) groups excluding carboxylic acids is 1. The van der Waals surface area contributed by atoms with E-state index in [1.807, 2.05) is 0 Å². The van der Waals surface area contributed by atoms with Crippen LogP contribution < -0.4 is 16.0 Å². The van der Waals surface area contributed by atoms with Crippen LogP contribution in [0.25, 0.3) is 0 Å². The van der Waals surface area contributed by atoms with Gasteiger partial charge in [-0.15, -0.1) is 0 Å². The molecule has 0 aromatic carbocycles. The van der Waals surface area contributed by atoms with Crippen LogP contribution in [0.15, 0.2) is 0 Å². The number of carbonyl (C=O) groups is 1. The Morgan fingerprint density at radius 1 is 0.727 bits per heavy atom. The molecule has 0 unspecified atom stereocenters. The first kappa shape index (κ1) is 17.6. The standard InChI is InChI=1S/C18H35N3O/c22-18(21-17-12-5-2-1-3-6-13-17)20-15-9-14-19-16-10-7-4-8-11-16/h16-17,19H,1-15H2,(H2,20,21,22). The molecule has 128 valence electrons. The Hall–Kier alpha value is -0.770. The van der Waals surface area contributed by atoms with Crippen molar-refractivity contribution < 1.29 is 4.79 Å². The Morgan fingerprint density at radius 2 is 1.27 bits per heavy atom. The summed E-state index contributed by atoms with van der Waals surface area (Å²) in [7, 11) is 0. The molecule has 4 nitrogen and oxygen atoms in total. The number of amides is 2. The smallest absolute Gasteiger partial charge is 0.315 e. The van der Waals surface area contributed by atoms with Crippen molar-refractivity contribution in [2.45, 2.75) is 95.6 Å². The fourth-order valence-corrected chi connectivity index (χ4v) is 3.74. The van der Waals surface area contributed by atoms with Crippen LogP contribution in [-0.2, 0) is 0 Å². The molecule has 0 radical (unpaired) electrons. The van der Waals surface area contributed by atoms with Gasteiger partial charge in [0.05, 0.1) is 0 Å². The van der Waals surface area contributed by atoms with Gasteiger partial charge in [0.25, 0.3) is 0 Å². The lowest BCUT2D eigenvalue weighted by molar-refractivity contribution is 0.233. The van der Waals surface area contributed by atoms with Gasteiger partial charge in [0.1, 0.15) is 0 Å². The van der Waals surface area contributed by atoms with Crippen molar-refractivity contribution in [3.05, 3.63) is 0 Å². The monoisotopic (exact) mass is 309 g/mol. The van der Waals surface area contributed by atoms with E-state index in [4.69, 9.17) is 0 Å². The Morgan fingerprint density at radius 3 is 1.95 bits per heavy atom. The van der Waals surface area contributed by atoms with E-state index in [-0.39, 0.29) is 6.03 Å². The quantitative estimate of drug-likeness (QED) is 0.655. The Balaban J connectivity index is 1.47. The van der Waals surface area contributed by atoms with Gasteiger partial charge in [-0.25, -0.2) is 4.79 Å². The highest BCUT2D eigenvalue weighted by Gasteiger charge is 2.14. The summed E-state index contributed by atoms with van der Waals surface area (Å²) in [6.07, 6.45) is 16.7. The molecule has 4 heteroatoms. The third-order valence-electron chi connectivity index (χ3n) is 5.12. The fourth-order valence-electron chi connectivity index (χ4n) is 3.74. The third-order valence-corrected chi connectivity index (χ3v) is 5.12. The van der Waals surface area contributed by atoms with Crippen LogP contribution >= 0.6 is 0 Å². The zero-order chi connectivity index (χ0) is 15.5. The predicted octanol–water partition coefficient (Wildman–Crippen LogP) is 3.71. The highest BCUT2D eigenvalue weighted by Crippen LogP contribution is 2.17. The highest BCUT2D eigenvalue weighted by atomic mass is 16.2. The second-order valence-electron chi connectivity index (χ2n) is 7.08.